The predicted molar refractivity (Wildman–Crippen MR) is 174 cm³/mol. The molecule has 0 aliphatic rings. The maximum Gasteiger partial charge on any atom is 0.0523 e. The zero-order valence-electron chi connectivity index (χ0n) is 25.3. The number of aromatic nitrogens is 2. The molecule has 6 nitrogen and oxygen atoms in total. The van der Waals surface area contributed by atoms with Crippen molar-refractivity contribution in [3.63, 3.8) is 0 Å². The molecule has 0 bridgehead atoms. The van der Waals surface area contributed by atoms with Gasteiger partial charge in [0, 0.05) is 70.8 Å². The molecule has 0 fully saturated rings. The summed E-state index contributed by atoms with van der Waals surface area (Å²) in [6.07, 6.45) is 0. The smallest absolute Gasteiger partial charge is 0.0523 e. The second-order valence-corrected chi connectivity index (χ2v) is 12.0. The molecule has 0 radical (unpaired) electrons. The maximum atomic E-state index is 2.39. The minimum Gasteiger partial charge on any atom is -0.344 e. The van der Waals surface area contributed by atoms with Gasteiger partial charge in [0.05, 0.1) is 20.0 Å². The summed E-state index contributed by atoms with van der Waals surface area (Å²) in [5.74, 6) is 0. The van der Waals surface area contributed by atoms with Gasteiger partial charge in [-0.15, -0.1) is 0 Å². The Hall–Kier alpha value is -3.68. The standard InChI is InChI=1S/C35H42N6/c1-36(21-26-15-17-34-30(19-26)28-11-7-9-13-32(28)40(34)5)23-38(3)25-39(4)24-37(2)22-27-16-18-35-31(20-27)29-12-8-10-14-33(29)41(35)6/h7-20H,21-25H2,1-6H3. The van der Waals surface area contributed by atoms with Gasteiger partial charge in [0.25, 0.3) is 0 Å². The fourth-order valence-corrected chi connectivity index (χ4v) is 6.68. The molecule has 0 saturated carbocycles. The molecule has 2 heterocycles. The van der Waals surface area contributed by atoms with Crippen molar-refractivity contribution in [3.8, 4) is 0 Å². The van der Waals surface area contributed by atoms with Crippen LogP contribution in [0.3, 0.4) is 0 Å². The Kier molecular flexibility index (Phi) is 7.58. The molecule has 4 aromatic carbocycles. The predicted octanol–water partition coefficient (Wildman–Crippen LogP) is 6.28. The van der Waals surface area contributed by atoms with Crippen LogP contribution in [0.15, 0.2) is 84.9 Å². The zero-order chi connectivity index (χ0) is 28.7. The topological polar surface area (TPSA) is 22.8 Å². The maximum absolute atomic E-state index is 2.39. The van der Waals surface area contributed by atoms with E-state index >= 15 is 0 Å². The second-order valence-electron chi connectivity index (χ2n) is 12.0. The molecule has 0 spiro atoms. The van der Waals surface area contributed by atoms with Crippen molar-refractivity contribution in [2.75, 3.05) is 48.2 Å². The highest BCUT2D eigenvalue weighted by molar-refractivity contribution is 6.09. The molecule has 0 atom stereocenters. The number of fused-ring (bicyclic) bond motifs is 6. The molecule has 0 aliphatic heterocycles. The Bertz CT molecular complexity index is 1700. The van der Waals surface area contributed by atoms with Crippen LogP contribution in [0.5, 0.6) is 0 Å². The Morgan fingerprint density at radius 2 is 0.805 bits per heavy atom. The summed E-state index contributed by atoms with van der Waals surface area (Å²) in [6.45, 7) is 4.55. The summed E-state index contributed by atoms with van der Waals surface area (Å²) in [5.41, 5.74) is 7.85. The highest BCUT2D eigenvalue weighted by atomic mass is 15.4. The lowest BCUT2D eigenvalue weighted by molar-refractivity contribution is 0.0803. The summed E-state index contributed by atoms with van der Waals surface area (Å²) >= 11 is 0. The molecule has 0 amide bonds. The molecule has 212 valence electrons. The fourth-order valence-electron chi connectivity index (χ4n) is 6.68. The normalized spacial score (nSPS) is 12.5. The summed E-state index contributed by atoms with van der Waals surface area (Å²) in [4.78, 5) is 9.55. The van der Waals surface area contributed by atoms with Crippen LogP contribution >= 0.6 is 0 Å². The van der Waals surface area contributed by atoms with Crippen molar-refractivity contribution in [1.29, 1.82) is 0 Å². The molecule has 2 aromatic heterocycles. The molecule has 41 heavy (non-hydrogen) atoms. The van der Waals surface area contributed by atoms with Crippen LogP contribution in [-0.4, -0.2) is 76.9 Å². The van der Waals surface area contributed by atoms with E-state index in [4.69, 9.17) is 0 Å². The molecular weight excluding hydrogens is 504 g/mol. The summed E-state index contributed by atoms with van der Waals surface area (Å²) < 4.78 is 4.58. The summed E-state index contributed by atoms with van der Waals surface area (Å²) in [7, 11) is 13.1. The third-order valence-corrected chi connectivity index (χ3v) is 8.31. The van der Waals surface area contributed by atoms with E-state index in [1.807, 2.05) is 0 Å². The van der Waals surface area contributed by atoms with E-state index in [0.29, 0.717) is 0 Å². The lowest BCUT2D eigenvalue weighted by Gasteiger charge is -2.31. The average Bonchev–Trinajstić information content (AvgIpc) is 3.39. The number of hydrogen-bond acceptors (Lipinski definition) is 4. The van der Waals surface area contributed by atoms with Crippen molar-refractivity contribution in [2.45, 2.75) is 13.1 Å². The van der Waals surface area contributed by atoms with Gasteiger partial charge in [-0.2, -0.15) is 0 Å². The number of rotatable bonds is 10. The van der Waals surface area contributed by atoms with Crippen molar-refractivity contribution < 1.29 is 0 Å². The van der Waals surface area contributed by atoms with Crippen molar-refractivity contribution in [3.05, 3.63) is 96.1 Å². The van der Waals surface area contributed by atoms with Crippen LogP contribution in [0.2, 0.25) is 0 Å². The van der Waals surface area contributed by atoms with Gasteiger partial charge in [0.1, 0.15) is 0 Å². The summed E-state index contributed by atoms with van der Waals surface area (Å²) in [6, 6.07) is 31.2. The van der Waals surface area contributed by atoms with Gasteiger partial charge >= 0.3 is 0 Å². The Balaban J connectivity index is 1.03. The van der Waals surface area contributed by atoms with Gasteiger partial charge in [0.2, 0.25) is 0 Å². The Morgan fingerprint density at radius 3 is 1.24 bits per heavy atom. The van der Waals surface area contributed by atoms with Crippen LogP contribution in [0.25, 0.3) is 43.6 Å². The number of hydrogen-bond donors (Lipinski definition) is 0. The highest BCUT2D eigenvalue weighted by Gasteiger charge is 2.13. The van der Waals surface area contributed by atoms with Crippen molar-refractivity contribution >= 4 is 43.6 Å². The van der Waals surface area contributed by atoms with Crippen LogP contribution in [0, 0.1) is 0 Å². The molecule has 0 aliphatic carbocycles. The van der Waals surface area contributed by atoms with Gasteiger partial charge in [-0.05, 0) is 75.7 Å². The van der Waals surface area contributed by atoms with E-state index in [2.05, 4.69) is 156 Å². The first kappa shape index (κ1) is 27.5. The quantitative estimate of drug-likeness (QED) is 0.189. The molecule has 0 unspecified atom stereocenters. The number of aryl methyl sites for hydroxylation is 2. The molecule has 6 rings (SSSR count). The van der Waals surface area contributed by atoms with Crippen molar-refractivity contribution in [2.24, 2.45) is 14.1 Å². The highest BCUT2D eigenvalue weighted by Crippen LogP contribution is 2.30. The van der Waals surface area contributed by atoms with Gasteiger partial charge < -0.3 is 9.13 Å². The Morgan fingerprint density at radius 1 is 0.439 bits per heavy atom. The van der Waals surface area contributed by atoms with Crippen LogP contribution in [-0.2, 0) is 27.2 Å². The van der Waals surface area contributed by atoms with E-state index in [1.54, 1.807) is 0 Å². The number of nitrogens with zero attached hydrogens (tertiary/aromatic N) is 6. The van der Waals surface area contributed by atoms with E-state index in [1.165, 1.54) is 54.7 Å². The van der Waals surface area contributed by atoms with Gasteiger partial charge in [-0.3, -0.25) is 19.6 Å². The third-order valence-electron chi connectivity index (χ3n) is 8.31. The van der Waals surface area contributed by atoms with Gasteiger partial charge in [-0.1, -0.05) is 48.5 Å². The lowest BCUT2D eigenvalue weighted by atomic mass is 10.1. The van der Waals surface area contributed by atoms with Crippen molar-refractivity contribution in [1.82, 2.24) is 28.7 Å². The van der Waals surface area contributed by atoms with E-state index in [0.717, 1.165) is 33.1 Å². The molecule has 6 heteroatoms. The fraction of sp³-hybridized carbons (Fsp3) is 0.314. The van der Waals surface area contributed by atoms with E-state index < -0.39 is 0 Å². The first-order valence-corrected chi connectivity index (χ1v) is 14.4. The van der Waals surface area contributed by atoms with E-state index in [-0.39, 0.29) is 0 Å². The minimum atomic E-state index is 0.902. The van der Waals surface area contributed by atoms with Gasteiger partial charge in [-0.25, -0.2) is 0 Å². The van der Waals surface area contributed by atoms with E-state index in [9.17, 15) is 0 Å². The largest absolute Gasteiger partial charge is 0.344 e. The average molecular weight is 547 g/mol. The number of benzene rings is 4. The zero-order valence-corrected chi connectivity index (χ0v) is 25.3. The first-order valence-electron chi connectivity index (χ1n) is 14.4. The van der Waals surface area contributed by atoms with Gasteiger partial charge in [0.15, 0.2) is 0 Å². The Labute approximate surface area is 243 Å². The first-order chi connectivity index (χ1) is 19.8. The molecule has 6 aromatic rings. The van der Waals surface area contributed by atoms with Crippen LogP contribution in [0.1, 0.15) is 11.1 Å². The SMILES string of the molecule is CN(Cc1ccc2c(c1)c1ccccc1n2C)CN(C)CN(C)CN(C)Cc1ccc2c(c1)c1ccccc1n2C. The minimum absolute atomic E-state index is 0.902. The summed E-state index contributed by atoms with van der Waals surface area (Å²) in [5, 5.41) is 5.33. The molecular formula is C35H42N6. The lowest BCUT2D eigenvalue weighted by Crippen LogP contribution is -2.42. The third kappa shape index (κ3) is 5.48. The molecule has 0 saturated heterocycles. The molecule has 0 N–H and O–H groups in total. The monoisotopic (exact) mass is 546 g/mol. The second kappa shape index (κ2) is 11.3. The number of para-hydroxylation sites is 2. The van der Waals surface area contributed by atoms with Crippen LogP contribution < -0.4 is 0 Å². The van der Waals surface area contributed by atoms with Crippen LogP contribution in [0.4, 0.5) is 0 Å².